The van der Waals surface area contributed by atoms with Crippen LogP contribution >= 0.6 is 11.3 Å². The fourth-order valence-corrected chi connectivity index (χ4v) is 4.45. The summed E-state index contributed by atoms with van der Waals surface area (Å²) >= 11 is 1.37. The smallest absolute Gasteiger partial charge is 0.231 e. The lowest BCUT2D eigenvalue weighted by Gasteiger charge is -2.19. The Balaban J connectivity index is 1.46. The molecular weight excluding hydrogens is 386 g/mol. The third-order valence-corrected chi connectivity index (χ3v) is 5.92. The number of carbonyl (C=O) groups excluding carboxylic acids is 2. The van der Waals surface area contributed by atoms with Crippen molar-refractivity contribution in [2.75, 3.05) is 16.8 Å². The molecule has 0 radical (unpaired) electrons. The van der Waals surface area contributed by atoms with E-state index in [4.69, 9.17) is 0 Å². The van der Waals surface area contributed by atoms with Crippen molar-refractivity contribution in [2.24, 2.45) is 13.0 Å². The molecule has 1 aliphatic rings. The van der Waals surface area contributed by atoms with E-state index in [1.54, 1.807) is 9.58 Å². The third-order valence-electron chi connectivity index (χ3n) is 5.16. The van der Waals surface area contributed by atoms with Crippen molar-refractivity contribution in [3.63, 3.8) is 0 Å². The summed E-state index contributed by atoms with van der Waals surface area (Å²) in [5.41, 5.74) is 5.68. The molecule has 8 heteroatoms. The minimum Gasteiger partial charge on any atom is -0.311 e. The number of amides is 2. The number of nitrogens with zero attached hydrogens (tertiary/aromatic N) is 4. The van der Waals surface area contributed by atoms with Crippen LogP contribution in [0, 0.1) is 26.7 Å². The van der Waals surface area contributed by atoms with Gasteiger partial charge in [-0.25, -0.2) is 4.98 Å². The van der Waals surface area contributed by atoms with Crippen LogP contribution in [0.1, 0.15) is 23.2 Å². The van der Waals surface area contributed by atoms with E-state index in [1.807, 2.05) is 57.6 Å². The molecule has 0 saturated carbocycles. The number of aromatic nitrogens is 3. The molecule has 0 spiro atoms. The van der Waals surface area contributed by atoms with Crippen LogP contribution in [0.4, 0.5) is 10.8 Å². The summed E-state index contributed by atoms with van der Waals surface area (Å²) < 4.78 is 1.74. The van der Waals surface area contributed by atoms with Gasteiger partial charge in [0.1, 0.15) is 0 Å². The van der Waals surface area contributed by atoms with E-state index in [2.05, 4.69) is 15.4 Å². The largest absolute Gasteiger partial charge is 0.311 e. The maximum Gasteiger partial charge on any atom is 0.231 e. The lowest BCUT2D eigenvalue weighted by atomic mass is 10.1. The SMILES string of the molecule is Cc1ccc(N2C[C@@H](C(=O)Nc3nc(-c4cn(C)nc4C)cs3)CC2=O)c(C)c1. The summed E-state index contributed by atoms with van der Waals surface area (Å²) in [5, 5.41) is 9.65. The summed E-state index contributed by atoms with van der Waals surface area (Å²) in [6.45, 7) is 6.32. The van der Waals surface area contributed by atoms with Gasteiger partial charge in [-0.1, -0.05) is 17.7 Å². The number of benzene rings is 1. The van der Waals surface area contributed by atoms with Gasteiger partial charge in [-0.15, -0.1) is 11.3 Å². The monoisotopic (exact) mass is 409 g/mol. The van der Waals surface area contributed by atoms with Crippen molar-refractivity contribution in [2.45, 2.75) is 27.2 Å². The average molecular weight is 410 g/mol. The fraction of sp³-hybridized carbons (Fsp3) is 0.333. The highest BCUT2D eigenvalue weighted by molar-refractivity contribution is 7.14. The number of thiazole rings is 1. The number of nitrogens with one attached hydrogen (secondary N) is 1. The van der Waals surface area contributed by atoms with Crippen molar-refractivity contribution >= 4 is 34.0 Å². The lowest BCUT2D eigenvalue weighted by Crippen LogP contribution is -2.28. The van der Waals surface area contributed by atoms with Crippen LogP contribution in [0.3, 0.4) is 0 Å². The van der Waals surface area contributed by atoms with Gasteiger partial charge in [-0.2, -0.15) is 5.10 Å². The molecule has 3 aromatic rings. The van der Waals surface area contributed by atoms with Crippen LogP contribution in [0.5, 0.6) is 0 Å². The summed E-state index contributed by atoms with van der Waals surface area (Å²) in [6, 6.07) is 5.99. The molecular formula is C21H23N5O2S. The Morgan fingerprint density at radius 2 is 2.07 bits per heavy atom. The van der Waals surface area contributed by atoms with Crippen molar-refractivity contribution in [1.29, 1.82) is 0 Å². The van der Waals surface area contributed by atoms with Crippen molar-refractivity contribution < 1.29 is 9.59 Å². The Morgan fingerprint density at radius 1 is 1.28 bits per heavy atom. The average Bonchev–Trinajstić information content (AvgIpc) is 3.34. The predicted molar refractivity (Wildman–Crippen MR) is 114 cm³/mol. The molecule has 150 valence electrons. The summed E-state index contributed by atoms with van der Waals surface area (Å²) in [5.74, 6) is -0.590. The highest BCUT2D eigenvalue weighted by Gasteiger charge is 2.36. The van der Waals surface area contributed by atoms with Crippen LogP contribution in [-0.2, 0) is 16.6 Å². The molecule has 3 heterocycles. The number of hydrogen-bond acceptors (Lipinski definition) is 5. The Kier molecular flexibility index (Phi) is 4.96. The van der Waals surface area contributed by atoms with Gasteiger partial charge in [-0.3, -0.25) is 14.3 Å². The molecule has 0 bridgehead atoms. The molecule has 4 rings (SSSR count). The zero-order valence-corrected chi connectivity index (χ0v) is 17.7. The van der Waals surface area contributed by atoms with Gasteiger partial charge in [0.2, 0.25) is 11.8 Å². The van der Waals surface area contributed by atoms with Crippen LogP contribution < -0.4 is 10.2 Å². The third kappa shape index (κ3) is 3.80. The van der Waals surface area contributed by atoms with E-state index >= 15 is 0 Å². The highest BCUT2D eigenvalue weighted by atomic mass is 32.1. The van der Waals surface area contributed by atoms with Crippen molar-refractivity contribution in [3.8, 4) is 11.3 Å². The van der Waals surface area contributed by atoms with Gasteiger partial charge < -0.3 is 10.2 Å². The maximum absolute atomic E-state index is 12.8. The predicted octanol–water partition coefficient (Wildman–Crippen LogP) is 3.46. The van der Waals surface area contributed by atoms with Crippen molar-refractivity contribution in [3.05, 3.63) is 46.6 Å². The number of aryl methyl sites for hydroxylation is 4. The van der Waals surface area contributed by atoms with E-state index in [0.29, 0.717) is 11.7 Å². The molecule has 0 aliphatic carbocycles. The Labute approximate surface area is 173 Å². The van der Waals surface area contributed by atoms with E-state index in [1.165, 1.54) is 11.3 Å². The first-order chi connectivity index (χ1) is 13.8. The highest BCUT2D eigenvalue weighted by Crippen LogP contribution is 2.30. The molecule has 1 atom stereocenters. The molecule has 1 saturated heterocycles. The van der Waals surface area contributed by atoms with Gasteiger partial charge in [0.15, 0.2) is 5.13 Å². The minimum atomic E-state index is -0.393. The van der Waals surface area contributed by atoms with Crippen LogP contribution in [0.2, 0.25) is 0 Å². The van der Waals surface area contributed by atoms with Gasteiger partial charge >= 0.3 is 0 Å². The molecule has 2 aromatic heterocycles. The van der Waals surface area contributed by atoms with Crippen LogP contribution in [0.25, 0.3) is 11.3 Å². The summed E-state index contributed by atoms with van der Waals surface area (Å²) in [7, 11) is 1.87. The number of hydrogen-bond donors (Lipinski definition) is 1. The molecule has 7 nitrogen and oxygen atoms in total. The molecule has 0 unspecified atom stereocenters. The lowest BCUT2D eigenvalue weighted by molar-refractivity contribution is -0.122. The summed E-state index contributed by atoms with van der Waals surface area (Å²) in [6.07, 6.45) is 2.12. The number of rotatable bonds is 4. The Bertz CT molecular complexity index is 1100. The Hall–Kier alpha value is -3.00. The minimum absolute atomic E-state index is 0.0251. The molecule has 1 fully saturated rings. The second-order valence-corrected chi connectivity index (χ2v) is 8.38. The standard InChI is InChI=1S/C21H23N5O2S/c1-12-5-6-18(13(2)7-12)26-9-15(8-19(26)27)20(28)23-21-22-17(11-29-21)16-10-25(4)24-14(16)3/h5-7,10-11,15H,8-9H2,1-4H3,(H,22,23,28)/t15-/m0/s1. The molecule has 2 amide bonds. The van der Waals surface area contributed by atoms with Gasteiger partial charge in [0.25, 0.3) is 0 Å². The van der Waals surface area contributed by atoms with E-state index < -0.39 is 5.92 Å². The first-order valence-electron chi connectivity index (χ1n) is 9.46. The van der Waals surface area contributed by atoms with Crippen LogP contribution in [0.15, 0.2) is 29.8 Å². The fourth-order valence-electron chi connectivity index (χ4n) is 3.74. The van der Waals surface area contributed by atoms with Gasteiger partial charge in [0, 0.05) is 42.8 Å². The van der Waals surface area contributed by atoms with Gasteiger partial charge in [0.05, 0.1) is 17.3 Å². The van der Waals surface area contributed by atoms with E-state index in [9.17, 15) is 9.59 Å². The Morgan fingerprint density at radius 3 is 2.76 bits per heavy atom. The first-order valence-corrected chi connectivity index (χ1v) is 10.3. The quantitative estimate of drug-likeness (QED) is 0.716. The summed E-state index contributed by atoms with van der Waals surface area (Å²) in [4.78, 5) is 31.5. The van der Waals surface area contributed by atoms with Crippen LogP contribution in [-0.4, -0.2) is 33.1 Å². The normalized spacial score (nSPS) is 16.5. The zero-order chi connectivity index (χ0) is 20.7. The molecule has 29 heavy (non-hydrogen) atoms. The number of anilines is 2. The topological polar surface area (TPSA) is 80.1 Å². The second-order valence-electron chi connectivity index (χ2n) is 7.52. The van der Waals surface area contributed by atoms with Crippen molar-refractivity contribution in [1.82, 2.24) is 14.8 Å². The van der Waals surface area contributed by atoms with E-state index in [0.717, 1.165) is 33.8 Å². The molecule has 1 aliphatic heterocycles. The van der Waals surface area contributed by atoms with E-state index in [-0.39, 0.29) is 18.2 Å². The molecule has 1 N–H and O–H groups in total. The number of carbonyl (C=O) groups is 2. The maximum atomic E-state index is 12.8. The molecule has 1 aromatic carbocycles. The zero-order valence-electron chi connectivity index (χ0n) is 16.9. The van der Waals surface area contributed by atoms with Gasteiger partial charge in [-0.05, 0) is 32.4 Å². The first kappa shape index (κ1) is 19.3. The second kappa shape index (κ2) is 7.44.